The zero-order valence-corrected chi connectivity index (χ0v) is 25.6. The van der Waals surface area contributed by atoms with Crippen LogP contribution in [0.4, 0.5) is 10.1 Å². The highest BCUT2D eigenvalue weighted by molar-refractivity contribution is 7.93. The van der Waals surface area contributed by atoms with Gasteiger partial charge < -0.3 is 14.7 Å². The van der Waals surface area contributed by atoms with Gasteiger partial charge in [-0.15, -0.1) is 0 Å². The fourth-order valence-electron chi connectivity index (χ4n) is 5.54. The van der Waals surface area contributed by atoms with Gasteiger partial charge in [-0.05, 0) is 66.8 Å². The number of carboxylic acid groups (broad SMARTS) is 1. The topological polar surface area (TPSA) is 104 Å². The number of hydrogen-bond acceptors (Lipinski definition) is 5. The Hall–Kier alpha value is -3.18. The van der Waals surface area contributed by atoms with E-state index in [-0.39, 0.29) is 18.7 Å². The van der Waals surface area contributed by atoms with Crippen LogP contribution >= 0.6 is 23.2 Å². The second-order valence-corrected chi connectivity index (χ2v) is 13.7. The van der Waals surface area contributed by atoms with E-state index in [1.54, 1.807) is 61.5 Å². The van der Waals surface area contributed by atoms with Gasteiger partial charge in [0, 0.05) is 10.0 Å². The molecular weight excluding hydrogens is 618 g/mol. The third-order valence-electron chi connectivity index (χ3n) is 7.79. The van der Waals surface area contributed by atoms with Crippen LogP contribution in [0.2, 0.25) is 10.0 Å². The molecule has 2 aliphatic rings. The number of nitrogens with zero attached hydrogens (tertiary/aromatic N) is 2. The molecule has 2 fully saturated rings. The van der Waals surface area contributed by atoms with Crippen molar-refractivity contribution in [2.75, 3.05) is 10.8 Å². The standard InChI is InChI=1S/C31H31Cl2FN2O6S/c1-2-23(18-35(43(40,41)24-14-15-24)26-9-4-3-8-25(26)34)36-29(19-10-12-21(32)13-11-19)30(20-6-5-7-22(33)16-20)42-27(31(36)39)17-28(37)38/h3-13,16,23-24,27,29-30H,2,14-15,17-18H2,1H3,(H,37,38)/t23-,27-,29-,30-/m1/s1. The summed E-state index contributed by atoms with van der Waals surface area (Å²) in [7, 11) is -3.96. The maximum absolute atomic E-state index is 15.1. The number of ether oxygens (including phenoxy) is 1. The van der Waals surface area contributed by atoms with Crippen LogP contribution < -0.4 is 4.31 Å². The van der Waals surface area contributed by atoms with Crippen LogP contribution in [-0.4, -0.2) is 54.2 Å². The van der Waals surface area contributed by atoms with Crippen LogP contribution in [0.3, 0.4) is 0 Å². The fourth-order valence-corrected chi connectivity index (χ4v) is 7.76. The fraction of sp³-hybridized carbons (Fsp3) is 0.355. The van der Waals surface area contributed by atoms with Crippen molar-refractivity contribution in [2.45, 2.75) is 62.1 Å². The van der Waals surface area contributed by atoms with E-state index in [1.165, 1.54) is 23.1 Å². The summed E-state index contributed by atoms with van der Waals surface area (Å²) in [6.45, 7) is 1.56. The molecule has 3 aromatic rings. The van der Waals surface area contributed by atoms with Gasteiger partial charge in [0.2, 0.25) is 10.0 Å². The van der Waals surface area contributed by atoms with Crippen molar-refractivity contribution in [3.63, 3.8) is 0 Å². The highest BCUT2D eigenvalue weighted by atomic mass is 35.5. The summed E-state index contributed by atoms with van der Waals surface area (Å²) in [5.74, 6) is -2.54. The lowest BCUT2D eigenvalue weighted by Crippen LogP contribution is -2.58. The molecule has 1 aliphatic carbocycles. The Labute approximate surface area is 260 Å². The maximum atomic E-state index is 15.1. The Bertz CT molecular complexity index is 1600. The third-order valence-corrected chi connectivity index (χ3v) is 10.6. The molecule has 1 amide bonds. The van der Waals surface area contributed by atoms with Crippen molar-refractivity contribution >= 4 is 50.8 Å². The lowest BCUT2D eigenvalue weighted by atomic mass is 9.89. The molecule has 1 heterocycles. The molecule has 8 nitrogen and oxygen atoms in total. The van der Waals surface area contributed by atoms with E-state index in [0.29, 0.717) is 34.0 Å². The predicted octanol–water partition coefficient (Wildman–Crippen LogP) is 6.39. The number of anilines is 1. The van der Waals surface area contributed by atoms with Gasteiger partial charge in [-0.25, -0.2) is 12.8 Å². The molecule has 0 radical (unpaired) electrons. The molecule has 1 aliphatic heterocycles. The summed E-state index contributed by atoms with van der Waals surface area (Å²) in [5.41, 5.74) is 1.13. The van der Waals surface area contributed by atoms with Crippen molar-refractivity contribution in [3.8, 4) is 0 Å². The van der Waals surface area contributed by atoms with Crippen LogP contribution in [0, 0.1) is 5.82 Å². The van der Waals surface area contributed by atoms with E-state index >= 15 is 4.39 Å². The summed E-state index contributed by atoms with van der Waals surface area (Å²) in [5, 5.41) is 9.91. The second kappa shape index (κ2) is 12.8. The van der Waals surface area contributed by atoms with Crippen LogP contribution in [0.15, 0.2) is 72.8 Å². The first-order valence-electron chi connectivity index (χ1n) is 14.0. The van der Waals surface area contributed by atoms with E-state index < -0.39 is 63.7 Å². The number of morpholine rings is 1. The molecule has 4 atom stereocenters. The van der Waals surface area contributed by atoms with E-state index in [0.717, 1.165) is 4.31 Å². The average molecular weight is 650 g/mol. The minimum Gasteiger partial charge on any atom is -0.481 e. The van der Waals surface area contributed by atoms with Crippen molar-refractivity contribution in [3.05, 3.63) is 99.8 Å². The summed E-state index contributed by atoms with van der Waals surface area (Å²) >= 11 is 12.5. The Morgan fingerprint density at radius 3 is 2.35 bits per heavy atom. The smallest absolute Gasteiger partial charge is 0.306 e. The van der Waals surface area contributed by atoms with Crippen molar-refractivity contribution in [1.29, 1.82) is 0 Å². The lowest BCUT2D eigenvalue weighted by molar-refractivity contribution is -0.183. The minimum absolute atomic E-state index is 0.106. The van der Waals surface area contributed by atoms with Crippen molar-refractivity contribution in [2.24, 2.45) is 0 Å². The molecule has 5 rings (SSSR count). The van der Waals surface area contributed by atoms with Gasteiger partial charge in [0.05, 0.1) is 36.0 Å². The minimum atomic E-state index is -3.96. The van der Waals surface area contributed by atoms with Crippen molar-refractivity contribution < 1.29 is 32.2 Å². The Morgan fingerprint density at radius 2 is 1.74 bits per heavy atom. The molecule has 0 aromatic heterocycles. The van der Waals surface area contributed by atoms with Gasteiger partial charge in [0.1, 0.15) is 18.0 Å². The largest absolute Gasteiger partial charge is 0.481 e. The van der Waals surface area contributed by atoms with Crippen LogP contribution in [0.25, 0.3) is 0 Å². The molecule has 3 aromatic carbocycles. The molecule has 0 bridgehead atoms. The number of rotatable bonds is 11. The summed E-state index contributed by atoms with van der Waals surface area (Å²) in [6.07, 6.45) is -1.62. The van der Waals surface area contributed by atoms with E-state index in [9.17, 15) is 23.1 Å². The number of benzene rings is 3. The second-order valence-electron chi connectivity index (χ2n) is 10.7. The van der Waals surface area contributed by atoms with Gasteiger partial charge >= 0.3 is 5.97 Å². The number of carbonyl (C=O) groups excluding carboxylic acids is 1. The summed E-state index contributed by atoms with van der Waals surface area (Å²) in [4.78, 5) is 27.5. The number of amides is 1. The zero-order chi connectivity index (χ0) is 30.9. The number of halogens is 3. The van der Waals surface area contributed by atoms with Crippen molar-refractivity contribution in [1.82, 2.24) is 4.90 Å². The van der Waals surface area contributed by atoms with Gasteiger partial charge in [-0.1, -0.05) is 66.5 Å². The summed E-state index contributed by atoms with van der Waals surface area (Å²) in [6, 6.07) is 17.7. The Kier molecular flexibility index (Phi) is 9.31. The SMILES string of the molecule is CC[C@H](CN(c1ccccc1F)S(=O)(=O)C1CC1)N1C(=O)[C@@H](CC(=O)O)O[C@H](c2cccc(Cl)c2)[C@H]1c1ccc(Cl)cc1. The van der Waals surface area contributed by atoms with Crippen LogP contribution in [-0.2, 0) is 24.3 Å². The molecule has 1 saturated carbocycles. The molecule has 0 spiro atoms. The van der Waals surface area contributed by atoms with Gasteiger partial charge in [-0.3, -0.25) is 13.9 Å². The quantitative estimate of drug-likeness (QED) is 0.258. The number of sulfonamides is 1. The number of carboxylic acids is 1. The average Bonchev–Trinajstić information content (AvgIpc) is 3.82. The third kappa shape index (κ3) is 6.67. The molecule has 43 heavy (non-hydrogen) atoms. The first-order valence-corrected chi connectivity index (χ1v) is 16.2. The van der Waals surface area contributed by atoms with Gasteiger partial charge in [-0.2, -0.15) is 0 Å². The molecule has 12 heteroatoms. The molecule has 228 valence electrons. The van der Waals surface area contributed by atoms with Crippen LogP contribution in [0.1, 0.15) is 55.9 Å². The first-order chi connectivity index (χ1) is 20.5. The summed E-state index contributed by atoms with van der Waals surface area (Å²) < 4.78 is 49.9. The van der Waals surface area contributed by atoms with E-state index in [4.69, 9.17) is 27.9 Å². The van der Waals surface area contributed by atoms with E-state index in [1.807, 2.05) is 0 Å². The predicted molar refractivity (Wildman–Crippen MR) is 162 cm³/mol. The molecule has 1 N–H and O–H groups in total. The lowest BCUT2D eigenvalue weighted by Gasteiger charge is -2.48. The zero-order valence-electron chi connectivity index (χ0n) is 23.3. The maximum Gasteiger partial charge on any atom is 0.306 e. The van der Waals surface area contributed by atoms with E-state index in [2.05, 4.69) is 0 Å². The number of hydrogen-bond donors (Lipinski definition) is 1. The van der Waals surface area contributed by atoms with Gasteiger partial charge in [0.25, 0.3) is 5.91 Å². The van der Waals surface area contributed by atoms with Crippen LogP contribution in [0.5, 0.6) is 0 Å². The molecule has 1 saturated heterocycles. The number of aliphatic carboxylic acids is 1. The molecular formula is C31H31Cl2FN2O6S. The van der Waals surface area contributed by atoms with Gasteiger partial charge in [0.15, 0.2) is 0 Å². The normalized spacial score (nSPS) is 21.4. The first kappa shape index (κ1) is 31.3. The molecule has 0 unspecified atom stereocenters. The highest BCUT2D eigenvalue weighted by Crippen LogP contribution is 2.45. The highest BCUT2D eigenvalue weighted by Gasteiger charge is 2.49. The monoisotopic (exact) mass is 648 g/mol. The Morgan fingerprint density at radius 1 is 1.05 bits per heavy atom. The number of para-hydroxylation sites is 1. The Balaban J connectivity index is 1.66. The number of carbonyl (C=O) groups is 2.